The number of nitrogens with zero attached hydrogens (tertiary/aromatic N) is 6. The Morgan fingerprint density at radius 2 is 1.08 bits per heavy atom. The first-order valence-electron chi connectivity index (χ1n) is 14.8. The van der Waals surface area contributed by atoms with Crippen molar-refractivity contribution in [1.82, 2.24) is 35.2 Å². The van der Waals surface area contributed by atoms with Gasteiger partial charge < -0.3 is 36.6 Å². The van der Waals surface area contributed by atoms with Gasteiger partial charge in [0.1, 0.15) is 43.6 Å². The predicted molar refractivity (Wildman–Crippen MR) is 171 cm³/mol. The molecular weight excluding hydrogens is 660 g/mol. The molecule has 49 heavy (non-hydrogen) atoms. The zero-order chi connectivity index (χ0) is 35.2. The van der Waals surface area contributed by atoms with Gasteiger partial charge >= 0.3 is 26.7 Å². The number of hydrogen-bond donors (Lipinski definition) is 1. The van der Waals surface area contributed by atoms with Crippen molar-refractivity contribution in [2.24, 2.45) is 11.8 Å². The second-order valence-corrected chi connectivity index (χ2v) is 11.4. The van der Waals surface area contributed by atoms with Crippen LogP contribution in [0.4, 0.5) is 0 Å². The topological polar surface area (TPSA) is 229 Å². The second-order valence-electron chi connectivity index (χ2n) is 11.1. The van der Waals surface area contributed by atoms with E-state index < -0.39 is 17.9 Å². The van der Waals surface area contributed by atoms with E-state index in [4.69, 9.17) is 31.2 Å². The SMILES string of the molecule is COC(=O)c1coc(-c2coc(-c3coc(C(NC(=O)c4coc(-c5coc(-c6coc(C(C)C(C)C)n6)n5)n4)C(C)C)n3)n2)n1.O=BP. The molecule has 0 radical (unpaired) electrons. The van der Waals surface area contributed by atoms with E-state index in [1.54, 1.807) is 0 Å². The number of carbonyl (C=O) groups is 2. The van der Waals surface area contributed by atoms with Crippen LogP contribution in [-0.2, 0) is 9.44 Å². The fraction of sp³-hybridized carbons (Fsp3) is 0.333. The summed E-state index contributed by atoms with van der Waals surface area (Å²) in [6.07, 6.45) is 7.87. The van der Waals surface area contributed by atoms with Crippen molar-refractivity contribution in [3.05, 3.63) is 60.7 Å². The summed E-state index contributed by atoms with van der Waals surface area (Å²) in [5, 5.41) is 2.88. The van der Waals surface area contributed by atoms with Crippen LogP contribution in [0.5, 0.6) is 0 Å². The molecule has 6 aromatic rings. The first-order chi connectivity index (χ1) is 23.5. The van der Waals surface area contributed by atoms with Crippen molar-refractivity contribution in [3.63, 3.8) is 0 Å². The molecule has 0 bridgehead atoms. The second kappa shape index (κ2) is 15.2. The first kappa shape index (κ1) is 34.8. The van der Waals surface area contributed by atoms with E-state index in [0.717, 1.165) is 6.26 Å². The van der Waals surface area contributed by atoms with Crippen molar-refractivity contribution < 1.29 is 45.5 Å². The molecule has 19 heteroatoms. The van der Waals surface area contributed by atoms with Gasteiger partial charge in [-0.15, -0.1) is 0 Å². The Morgan fingerprint density at radius 1 is 0.653 bits per heavy atom. The third-order valence-electron chi connectivity index (χ3n) is 7.17. The summed E-state index contributed by atoms with van der Waals surface area (Å²) in [4.78, 5) is 50.8. The van der Waals surface area contributed by atoms with Gasteiger partial charge in [-0.1, -0.05) is 34.6 Å². The minimum atomic E-state index is -0.649. The number of oxazole rings is 6. The molecule has 0 saturated heterocycles. The molecule has 1 N–H and O–H groups in total. The number of esters is 1. The number of ether oxygens (including phenoxy) is 1. The zero-order valence-electron chi connectivity index (χ0n) is 27.2. The Hall–Kier alpha value is -5.51. The number of amides is 1. The van der Waals surface area contributed by atoms with Crippen molar-refractivity contribution in [1.29, 1.82) is 0 Å². The van der Waals surface area contributed by atoms with Gasteiger partial charge in [-0.05, 0) is 11.8 Å². The van der Waals surface area contributed by atoms with Gasteiger partial charge in [0.25, 0.3) is 5.91 Å². The van der Waals surface area contributed by atoms with Gasteiger partial charge in [-0.25, -0.2) is 34.7 Å². The molecule has 0 aliphatic carbocycles. The van der Waals surface area contributed by atoms with E-state index in [-0.39, 0.29) is 69.8 Å². The number of rotatable bonds is 11. The van der Waals surface area contributed by atoms with E-state index in [0.29, 0.717) is 24.4 Å². The fourth-order valence-electron chi connectivity index (χ4n) is 4.20. The molecule has 6 heterocycles. The minimum absolute atomic E-state index is 0.0110. The standard InChI is InChI=1S/C30H29N7O9.BH2OP/c1-13(2)15(5)24-32-17(8-41-24)26-33-18(9-43-26)25-31-16(7-42-25)23(38)37-22(14(3)4)29-35-20(11-46-29)27-34-19(10-44-27)28-36-21(12-45-28)30(39)40-6;2-1-3/h7-15,22H,1-6H3,(H,37,38);3H2. The monoisotopic (exact) mass is 691 g/mol. The molecule has 6 aromatic heterocycles. The number of nitrogens with one attached hydrogen (secondary N) is 1. The predicted octanol–water partition coefficient (Wildman–Crippen LogP) is 5.78. The number of aromatic nitrogens is 6. The first-order valence-corrected chi connectivity index (χ1v) is 15.5. The van der Waals surface area contributed by atoms with Crippen LogP contribution in [0, 0.1) is 11.8 Å². The number of carbonyl (C=O) groups excluding carboxylic acids is 2. The Balaban J connectivity index is 0.00000151. The maximum atomic E-state index is 13.2. The van der Waals surface area contributed by atoms with Gasteiger partial charge in [-0.3, -0.25) is 4.79 Å². The molecule has 3 unspecified atom stereocenters. The third-order valence-corrected chi connectivity index (χ3v) is 7.17. The molecular formula is C30H31BN7O10P. The summed E-state index contributed by atoms with van der Waals surface area (Å²) in [5.41, 5.74) is 1.23. The Morgan fingerprint density at radius 3 is 1.61 bits per heavy atom. The van der Waals surface area contributed by atoms with Crippen molar-refractivity contribution in [3.8, 4) is 46.3 Å². The summed E-state index contributed by atoms with van der Waals surface area (Å²) in [5.74, 6) is 0.459. The van der Waals surface area contributed by atoms with Gasteiger partial charge in [0.05, 0.1) is 7.11 Å². The van der Waals surface area contributed by atoms with Crippen LogP contribution < -0.4 is 5.32 Å². The summed E-state index contributed by atoms with van der Waals surface area (Å²) < 4.78 is 46.6. The van der Waals surface area contributed by atoms with Crippen LogP contribution in [-0.4, -0.2) is 55.8 Å². The maximum absolute atomic E-state index is 13.2. The van der Waals surface area contributed by atoms with Crippen molar-refractivity contribution in [2.75, 3.05) is 7.11 Å². The van der Waals surface area contributed by atoms with E-state index in [1.165, 1.54) is 38.4 Å². The molecule has 3 atom stereocenters. The molecule has 0 aliphatic heterocycles. The Kier molecular flexibility index (Phi) is 10.8. The van der Waals surface area contributed by atoms with Crippen LogP contribution in [0.25, 0.3) is 46.3 Å². The van der Waals surface area contributed by atoms with E-state index >= 15 is 0 Å². The van der Waals surface area contributed by atoms with E-state index in [9.17, 15) is 9.59 Å². The Labute approximate surface area is 281 Å². The molecule has 6 rings (SSSR count). The molecule has 0 fully saturated rings. The molecule has 0 spiro atoms. The normalized spacial score (nSPS) is 12.3. The molecule has 0 aromatic carbocycles. The van der Waals surface area contributed by atoms with Crippen LogP contribution in [0.3, 0.4) is 0 Å². The summed E-state index contributed by atoms with van der Waals surface area (Å²) >= 11 is 0. The van der Waals surface area contributed by atoms with E-state index in [2.05, 4.69) is 53.8 Å². The molecule has 0 aliphatic rings. The zero-order valence-corrected chi connectivity index (χ0v) is 28.3. The summed E-state index contributed by atoms with van der Waals surface area (Å²) in [7, 11) is 3.14. The van der Waals surface area contributed by atoms with Crippen molar-refractivity contribution in [2.45, 2.75) is 46.6 Å². The molecule has 17 nitrogen and oxygen atoms in total. The van der Waals surface area contributed by atoms with Gasteiger partial charge in [0.15, 0.2) is 40.1 Å². The van der Waals surface area contributed by atoms with Crippen LogP contribution >= 0.6 is 9.12 Å². The summed E-state index contributed by atoms with van der Waals surface area (Å²) in [6.45, 7) is 10.6. The fourth-order valence-corrected chi connectivity index (χ4v) is 4.20. The quantitative estimate of drug-likeness (QED) is 0.0964. The third kappa shape index (κ3) is 7.80. The molecule has 0 saturated carbocycles. The average molecular weight is 691 g/mol. The van der Waals surface area contributed by atoms with Gasteiger partial charge in [0, 0.05) is 5.92 Å². The number of hydrogen-bond acceptors (Lipinski definition) is 16. The molecule has 1 amide bonds. The summed E-state index contributed by atoms with van der Waals surface area (Å²) in [6, 6.07) is -0.640. The number of methoxy groups -OCH3 is 1. The van der Waals surface area contributed by atoms with Crippen LogP contribution in [0.15, 0.2) is 64.1 Å². The van der Waals surface area contributed by atoms with Gasteiger partial charge in [-0.2, -0.15) is 0 Å². The van der Waals surface area contributed by atoms with Crippen molar-refractivity contribution >= 4 is 27.9 Å². The van der Waals surface area contributed by atoms with Crippen LogP contribution in [0.2, 0.25) is 0 Å². The Bertz CT molecular complexity index is 2040. The molecule has 254 valence electrons. The van der Waals surface area contributed by atoms with Crippen LogP contribution in [0.1, 0.15) is 79.3 Å². The average Bonchev–Trinajstić information content (AvgIpc) is 3.93. The van der Waals surface area contributed by atoms with Gasteiger partial charge in [0.2, 0.25) is 29.5 Å². The van der Waals surface area contributed by atoms with E-state index in [1.807, 2.05) is 29.9 Å².